The van der Waals surface area contributed by atoms with Gasteiger partial charge in [-0.2, -0.15) is 0 Å². The first-order valence-electron chi connectivity index (χ1n) is 2.58. The van der Waals surface area contributed by atoms with E-state index >= 15 is 0 Å². The minimum absolute atomic E-state index is 0.514. The Morgan fingerprint density at radius 2 is 2.57 bits per heavy atom. The summed E-state index contributed by atoms with van der Waals surface area (Å²) in [4.78, 5) is 0. The number of rotatable bonds is 1. The van der Waals surface area contributed by atoms with Crippen molar-refractivity contribution < 1.29 is 4.74 Å². The molecular weight excluding hydrogens is 108 g/mol. The molecule has 0 N–H and O–H groups in total. The number of ether oxygens (including phenoxy) is 1. The van der Waals surface area contributed by atoms with Crippen LogP contribution in [0.4, 0.5) is 0 Å². The molecule has 0 spiro atoms. The second kappa shape index (κ2) is 2.58. The summed E-state index contributed by atoms with van der Waals surface area (Å²) in [5.41, 5.74) is 0.514. The zero-order valence-corrected chi connectivity index (χ0v) is 5.33. The summed E-state index contributed by atoms with van der Waals surface area (Å²) in [5.74, 6) is 0. The van der Waals surface area contributed by atoms with Gasteiger partial charge < -0.3 is 4.74 Å². The SMILES string of the molecule is CSC1CCCO1. The highest BCUT2D eigenvalue weighted by atomic mass is 32.2. The Morgan fingerprint density at radius 1 is 1.71 bits per heavy atom. The first-order chi connectivity index (χ1) is 3.43. The van der Waals surface area contributed by atoms with Crippen molar-refractivity contribution in [3.8, 4) is 0 Å². The second-order valence-electron chi connectivity index (χ2n) is 1.68. The van der Waals surface area contributed by atoms with Crippen molar-refractivity contribution in [2.75, 3.05) is 12.9 Å². The van der Waals surface area contributed by atoms with Gasteiger partial charge in [0.15, 0.2) is 0 Å². The lowest BCUT2D eigenvalue weighted by atomic mass is 10.4. The van der Waals surface area contributed by atoms with Gasteiger partial charge in [-0.05, 0) is 19.1 Å². The average Bonchev–Trinajstić information content (AvgIpc) is 2.14. The molecule has 0 bridgehead atoms. The molecule has 1 unspecified atom stereocenters. The van der Waals surface area contributed by atoms with E-state index in [4.69, 9.17) is 4.74 Å². The third kappa shape index (κ3) is 1.35. The van der Waals surface area contributed by atoms with E-state index < -0.39 is 0 Å². The fraction of sp³-hybridized carbons (Fsp3) is 1.00. The van der Waals surface area contributed by atoms with Crippen LogP contribution in [0.15, 0.2) is 0 Å². The standard InChI is InChI=1S/C5H10OS/c1-7-5-3-2-4-6-5/h5H,2-4H2,1H3. The largest absolute Gasteiger partial charge is 0.368 e. The molecule has 1 rings (SSSR count). The molecule has 0 aliphatic carbocycles. The lowest BCUT2D eigenvalue weighted by Crippen LogP contribution is -1.95. The predicted octanol–water partition coefficient (Wildman–Crippen LogP) is 1.49. The molecular formula is C5H10OS. The number of hydrogen-bond acceptors (Lipinski definition) is 2. The van der Waals surface area contributed by atoms with Crippen molar-refractivity contribution in [2.24, 2.45) is 0 Å². The van der Waals surface area contributed by atoms with Gasteiger partial charge in [0.05, 0.1) is 0 Å². The first kappa shape index (κ1) is 5.45. The topological polar surface area (TPSA) is 9.23 Å². The van der Waals surface area contributed by atoms with Gasteiger partial charge in [0, 0.05) is 6.61 Å². The van der Waals surface area contributed by atoms with Crippen LogP contribution in [0.3, 0.4) is 0 Å². The predicted molar refractivity (Wildman–Crippen MR) is 32.5 cm³/mol. The van der Waals surface area contributed by atoms with Gasteiger partial charge >= 0.3 is 0 Å². The highest BCUT2D eigenvalue weighted by molar-refractivity contribution is 7.99. The average molecular weight is 118 g/mol. The van der Waals surface area contributed by atoms with Gasteiger partial charge in [0.1, 0.15) is 5.44 Å². The maximum Gasteiger partial charge on any atom is 0.103 e. The highest BCUT2D eigenvalue weighted by Crippen LogP contribution is 2.20. The second-order valence-corrected chi connectivity index (χ2v) is 2.68. The minimum atomic E-state index is 0.514. The van der Waals surface area contributed by atoms with Crippen molar-refractivity contribution in [1.29, 1.82) is 0 Å². The normalized spacial score (nSPS) is 31.3. The summed E-state index contributed by atoms with van der Waals surface area (Å²) >= 11 is 1.81. The van der Waals surface area contributed by atoms with Crippen molar-refractivity contribution in [2.45, 2.75) is 18.3 Å². The molecule has 1 fully saturated rings. The van der Waals surface area contributed by atoms with Crippen molar-refractivity contribution in [3.63, 3.8) is 0 Å². The number of hydrogen-bond donors (Lipinski definition) is 0. The van der Waals surface area contributed by atoms with Gasteiger partial charge in [-0.3, -0.25) is 0 Å². The molecule has 0 saturated carbocycles. The molecule has 0 amide bonds. The van der Waals surface area contributed by atoms with Crippen LogP contribution in [0.25, 0.3) is 0 Å². The Balaban J connectivity index is 2.14. The maximum absolute atomic E-state index is 5.27. The van der Waals surface area contributed by atoms with Crippen molar-refractivity contribution >= 4 is 11.8 Å². The molecule has 1 aliphatic rings. The van der Waals surface area contributed by atoms with Crippen LogP contribution < -0.4 is 0 Å². The van der Waals surface area contributed by atoms with Crippen LogP contribution in [0, 0.1) is 0 Å². The maximum atomic E-state index is 5.27. The third-order valence-corrected chi connectivity index (χ3v) is 2.05. The van der Waals surface area contributed by atoms with Crippen LogP contribution >= 0.6 is 11.8 Å². The lowest BCUT2D eigenvalue weighted by molar-refractivity contribution is 0.174. The molecule has 0 aromatic rings. The van der Waals surface area contributed by atoms with Crippen molar-refractivity contribution in [1.82, 2.24) is 0 Å². The molecule has 0 aromatic carbocycles. The minimum Gasteiger partial charge on any atom is -0.368 e. The zero-order chi connectivity index (χ0) is 5.11. The van der Waals surface area contributed by atoms with Crippen molar-refractivity contribution in [3.05, 3.63) is 0 Å². The Hall–Kier alpha value is 0.310. The fourth-order valence-electron chi connectivity index (χ4n) is 0.734. The summed E-state index contributed by atoms with van der Waals surface area (Å²) in [6, 6.07) is 0. The monoisotopic (exact) mass is 118 g/mol. The van der Waals surface area contributed by atoms with E-state index in [9.17, 15) is 0 Å². The molecule has 42 valence electrons. The Morgan fingerprint density at radius 3 is 2.86 bits per heavy atom. The van der Waals surface area contributed by atoms with Crippen LogP contribution in [0.2, 0.25) is 0 Å². The summed E-state index contributed by atoms with van der Waals surface area (Å²) in [7, 11) is 0. The Bertz CT molecular complexity index is 50.0. The molecule has 1 aliphatic heterocycles. The fourth-order valence-corrected chi connectivity index (χ4v) is 1.37. The summed E-state index contributed by atoms with van der Waals surface area (Å²) in [6.45, 7) is 0.978. The van der Waals surface area contributed by atoms with E-state index in [2.05, 4.69) is 6.26 Å². The van der Waals surface area contributed by atoms with Crippen LogP contribution in [-0.4, -0.2) is 18.3 Å². The molecule has 0 aromatic heterocycles. The molecule has 2 heteroatoms. The van der Waals surface area contributed by atoms with Crippen LogP contribution in [0.1, 0.15) is 12.8 Å². The van der Waals surface area contributed by atoms with E-state index in [-0.39, 0.29) is 0 Å². The highest BCUT2D eigenvalue weighted by Gasteiger charge is 2.12. The molecule has 1 atom stereocenters. The van der Waals surface area contributed by atoms with Gasteiger partial charge in [-0.1, -0.05) is 0 Å². The molecule has 7 heavy (non-hydrogen) atoms. The quantitative estimate of drug-likeness (QED) is 0.516. The molecule has 1 heterocycles. The smallest absolute Gasteiger partial charge is 0.103 e. The van der Waals surface area contributed by atoms with Gasteiger partial charge in [-0.15, -0.1) is 11.8 Å². The Labute approximate surface area is 48.4 Å². The van der Waals surface area contributed by atoms with E-state index in [1.807, 2.05) is 11.8 Å². The molecule has 1 saturated heterocycles. The van der Waals surface area contributed by atoms with E-state index in [1.54, 1.807) is 0 Å². The van der Waals surface area contributed by atoms with E-state index in [0.29, 0.717) is 5.44 Å². The van der Waals surface area contributed by atoms with Gasteiger partial charge in [0.25, 0.3) is 0 Å². The zero-order valence-electron chi connectivity index (χ0n) is 4.52. The third-order valence-electron chi connectivity index (χ3n) is 1.15. The number of thioether (sulfide) groups is 1. The lowest BCUT2D eigenvalue weighted by Gasteiger charge is -2.01. The first-order valence-corrected chi connectivity index (χ1v) is 3.86. The molecule has 0 radical (unpaired) electrons. The Kier molecular flexibility index (Phi) is 2.00. The van der Waals surface area contributed by atoms with E-state index in [0.717, 1.165) is 6.61 Å². The van der Waals surface area contributed by atoms with Gasteiger partial charge in [0.2, 0.25) is 0 Å². The summed E-state index contributed by atoms with van der Waals surface area (Å²) in [5, 5.41) is 0. The van der Waals surface area contributed by atoms with Gasteiger partial charge in [-0.25, -0.2) is 0 Å². The molecule has 1 nitrogen and oxygen atoms in total. The van der Waals surface area contributed by atoms with E-state index in [1.165, 1.54) is 12.8 Å². The van der Waals surface area contributed by atoms with Crippen LogP contribution in [0.5, 0.6) is 0 Å². The summed E-state index contributed by atoms with van der Waals surface area (Å²) < 4.78 is 5.27. The summed E-state index contributed by atoms with van der Waals surface area (Å²) in [6.07, 6.45) is 4.60. The van der Waals surface area contributed by atoms with Crippen LogP contribution in [-0.2, 0) is 4.74 Å².